The van der Waals surface area contributed by atoms with Crippen LogP contribution in [0.15, 0.2) is 53.1 Å². The van der Waals surface area contributed by atoms with Gasteiger partial charge in [0.15, 0.2) is 0 Å². The molecule has 0 radical (unpaired) electrons. The molecule has 26 heavy (non-hydrogen) atoms. The van der Waals surface area contributed by atoms with Gasteiger partial charge in [-0.25, -0.2) is 0 Å². The molecular formula is C20H27NO5. The highest BCUT2D eigenvalue weighted by Gasteiger charge is 2.15. The Balaban J connectivity index is 1.81. The molecule has 6 nitrogen and oxygen atoms in total. The fraction of sp³-hybridized carbons (Fsp3) is 0.450. The summed E-state index contributed by atoms with van der Waals surface area (Å²) in [5.74, 6) is 0.495. The molecule has 6 heteroatoms. The van der Waals surface area contributed by atoms with Gasteiger partial charge >= 0.3 is 5.97 Å². The van der Waals surface area contributed by atoms with Crippen molar-refractivity contribution in [3.63, 3.8) is 0 Å². The molecule has 0 saturated carbocycles. The maximum Gasteiger partial charge on any atom is 0.307 e. The average Bonchev–Trinajstić information content (AvgIpc) is 3.14. The zero-order valence-electron chi connectivity index (χ0n) is 15.2. The van der Waals surface area contributed by atoms with Gasteiger partial charge in [-0.3, -0.25) is 9.69 Å². The van der Waals surface area contributed by atoms with E-state index in [1.807, 2.05) is 41.3 Å². The van der Waals surface area contributed by atoms with Crippen LogP contribution >= 0.6 is 0 Å². The van der Waals surface area contributed by atoms with E-state index in [1.165, 1.54) is 0 Å². The summed E-state index contributed by atoms with van der Waals surface area (Å²) in [6.45, 7) is 4.27. The summed E-state index contributed by atoms with van der Waals surface area (Å²) in [4.78, 5) is 13.7. The number of hydrogen-bond acceptors (Lipinski definition) is 6. The topological polar surface area (TPSA) is 72.1 Å². The molecule has 1 heterocycles. The Morgan fingerprint density at radius 1 is 1.23 bits per heavy atom. The van der Waals surface area contributed by atoms with Crippen LogP contribution in [0.2, 0.25) is 0 Å². The van der Waals surface area contributed by atoms with Crippen molar-refractivity contribution in [2.75, 3.05) is 26.3 Å². The van der Waals surface area contributed by atoms with Crippen molar-refractivity contribution in [2.24, 2.45) is 0 Å². The van der Waals surface area contributed by atoms with E-state index in [0.717, 1.165) is 11.3 Å². The van der Waals surface area contributed by atoms with Gasteiger partial charge in [-0.2, -0.15) is 0 Å². The first-order valence-corrected chi connectivity index (χ1v) is 8.87. The summed E-state index contributed by atoms with van der Waals surface area (Å²) in [6, 6.07) is 13.6. The van der Waals surface area contributed by atoms with Crippen molar-refractivity contribution in [3.8, 4) is 0 Å². The van der Waals surface area contributed by atoms with Crippen molar-refractivity contribution in [1.82, 2.24) is 4.90 Å². The summed E-state index contributed by atoms with van der Waals surface area (Å²) < 4.78 is 15.7. The van der Waals surface area contributed by atoms with E-state index in [9.17, 15) is 9.90 Å². The Morgan fingerprint density at radius 3 is 2.73 bits per heavy atom. The number of carbonyl (C=O) groups is 1. The number of carbonyl (C=O) groups excluding carboxylic acids is 1. The lowest BCUT2D eigenvalue weighted by molar-refractivity contribution is -0.143. The highest BCUT2D eigenvalue weighted by atomic mass is 16.5. The Bertz CT molecular complexity index is 614. The molecule has 2 rings (SSSR count). The Kier molecular flexibility index (Phi) is 8.89. The molecule has 0 fully saturated rings. The molecule has 0 amide bonds. The summed E-state index contributed by atoms with van der Waals surface area (Å²) in [5.41, 5.74) is 1.13. The van der Waals surface area contributed by atoms with Crippen LogP contribution in [0, 0.1) is 0 Å². The summed E-state index contributed by atoms with van der Waals surface area (Å²) in [6.07, 6.45) is 1.23. The van der Waals surface area contributed by atoms with Crippen LogP contribution in [0.25, 0.3) is 0 Å². The zero-order valence-corrected chi connectivity index (χ0v) is 15.2. The number of nitrogens with zero attached hydrogens (tertiary/aromatic N) is 1. The van der Waals surface area contributed by atoms with Gasteiger partial charge in [-0.05, 0) is 24.6 Å². The number of aliphatic hydroxyl groups excluding tert-OH is 1. The quantitative estimate of drug-likeness (QED) is 0.586. The number of rotatable bonds is 12. The van der Waals surface area contributed by atoms with Gasteiger partial charge in [0, 0.05) is 19.6 Å². The molecule has 0 saturated heterocycles. The van der Waals surface area contributed by atoms with E-state index in [-0.39, 0.29) is 12.6 Å². The smallest absolute Gasteiger partial charge is 0.307 e. The van der Waals surface area contributed by atoms with E-state index < -0.39 is 6.10 Å². The molecule has 0 aliphatic carbocycles. The van der Waals surface area contributed by atoms with Crippen LogP contribution in [0.3, 0.4) is 0 Å². The van der Waals surface area contributed by atoms with Crippen molar-refractivity contribution >= 4 is 5.97 Å². The van der Waals surface area contributed by atoms with Crippen LogP contribution in [-0.2, 0) is 27.4 Å². The van der Waals surface area contributed by atoms with Crippen LogP contribution in [-0.4, -0.2) is 48.4 Å². The molecule has 1 atom stereocenters. The predicted octanol–water partition coefficient (Wildman–Crippen LogP) is 2.61. The van der Waals surface area contributed by atoms with Gasteiger partial charge in [-0.15, -0.1) is 0 Å². The molecule has 1 aromatic carbocycles. The predicted molar refractivity (Wildman–Crippen MR) is 97.3 cm³/mol. The van der Waals surface area contributed by atoms with Gasteiger partial charge in [0.2, 0.25) is 0 Å². The van der Waals surface area contributed by atoms with Crippen LogP contribution < -0.4 is 0 Å². The molecular weight excluding hydrogens is 334 g/mol. The summed E-state index contributed by atoms with van der Waals surface area (Å²) in [5, 5.41) is 10.3. The minimum Gasteiger partial charge on any atom is -0.467 e. The second-order valence-corrected chi connectivity index (χ2v) is 6.02. The third kappa shape index (κ3) is 7.82. The second kappa shape index (κ2) is 11.5. The molecule has 2 aromatic rings. The van der Waals surface area contributed by atoms with E-state index >= 15 is 0 Å². The SMILES string of the molecule is CCOC(=O)CCN(Cc1ccccc1)CC(O)COCc1ccco1. The van der Waals surface area contributed by atoms with Gasteiger partial charge in [0.1, 0.15) is 12.4 Å². The van der Waals surface area contributed by atoms with Crippen molar-refractivity contribution in [2.45, 2.75) is 32.6 Å². The molecule has 1 aromatic heterocycles. The number of furan rings is 1. The lowest BCUT2D eigenvalue weighted by Gasteiger charge is -2.25. The standard InChI is InChI=1S/C20H27NO5/c1-2-25-20(23)10-11-21(13-17-7-4-3-5-8-17)14-18(22)15-24-16-19-9-6-12-26-19/h3-9,12,18,22H,2,10-11,13-16H2,1H3. The molecule has 0 bridgehead atoms. The van der Waals surface area contributed by atoms with Crippen molar-refractivity contribution in [3.05, 3.63) is 60.1 Å². The van der Waals surface area contributed by atoms with E-state index in [0.29, 0.717) is 39.3 Å². The number of benzene rings is 1. The highest BCUT2D eigenvalue weighted by Crippen LogP contribution is 2.08. The van der Waals surface area contributed by atoms with Crippen molar-refractivity contribution < 1.29 is 23.8 Å². The average molecular weight is 361 g/mol. The Labute approximate surface area is 154 Å². The van der Waals surface area contributed by atoms with E-state index in [2.05, 4.69) is 0 Å². The molecule has 1 unspecified atom stereocenters. The molecule has 0 aliphatic rings. The molecule has 1 N–H and O–H groups in total. The fourth-order valence-electron chi connectivity index (χ4n) is 2.60. The maximum atomic E-state index is 11.6. The number of hydrogen-bond donors (Lipinski definition) is 1. The number of ether oxygens (including phenoxy) is 2. The summed E-state index contributed by atoms with van der Waals surface area (Å²) in [7, 11) is 0. The van der Waals surface area contributed by atoms with Crippen molar-refractivity contribution in [1.29, 1.82) is 0 Å². The first kappa shape index (κ1) is 20.2. The first-order valence-electron chi connectivity index (χ1n) is 8.87. The van der Waals surface area contributed by atoms with Gasteiger partial charge in [0.25, 0.3) is 0 Å². The second-order valence-electron chi connectivity index (χ2n) is 6.02. The largest absolute Gasteiger partial charge is 0.467 e. The van der Waals surface area contributed by atoms with E-state index in [4.69, 9.17) is 13.9 Å². The van der Waals surface area contributed by atoms with Gasteiger partial charge in [-0.1, -0.05) is 30.3 Å². The third-order valence-electron chi connectivity index (χ3n) is 3.79. The van der Waals surface area contributed by atoms with Crippen LogP contribution in [0.1, 0.15) is 24.7 Å². The Morgan fingerprint density at radius 2 is 2.04 bits per heavy atom. The molecule has 0 spiro atoms. The first-order chi connectivity index (χ1) is 12.7. The minimum atomic E-state index is -0.657. The molecule has 0 aliphatic heterocycles. The normalized spacial score (nSPS) is 12.3. The minimum absolute atomic E-state index is 0.200. The van der Waals surface area contributed by atoms with Gasteiger partial charge < -0.3 is 19.0 Å². The highest BCUT2D eigenvalue weighted by molar-refractivity contribution is 5.69. The monoisotopic (exact) mass is 361 g/mol. The zero-order chi connectivity index (χ0) is 18.6. The van der Waals surface area contributed by atoms with Crippen LogP contribution in [0.4, 0.5) is 0 Å². The summed E-state index contributed by atoms with van der Waals surface area (Å²) >= 11 is 0. The number of aliphatic hydroxyl groups is 1. The van der Waals surface area contributed by atoms with E-state index in [1.54, 1.807) is 19.3 Å². The number of esters is 1. The fourth-order valence-corrected chi connectivity index (χ4v) is 2.60. The third-order valence-corrected chi connectivity index (χ3v) is 3.79. The van der Waals surface area contributed by atoms with Gasteiger partial charge in [0.05, 0.1) is 32.0 Å². The van der Waals surface area contributed by atoms with Crippen LogP contribution in [0.5, 0.6) is 0 Å². The lowest BCUT2D eigenvalue weighted by atomic mass is 10.2. The maximum absolute atomic E-state index is 11.6. The molecule has 142 valence electrons. The Hall–Kier alpha value is -2.15. The lowest BCUT2D eigenvalue weighted by Crippen LogP contribution is -2.36.